The van der Waals surface area contributed by atoms with Gasteiger partial charge in [-0.05, 0) is 26.2 Å². The molecule has 3 atom stereocenters. The molecule has 62 valence electrons. The van der Waals surface area contributed by atoms with E-state index in [1.165, 1.54) is 0 Å². The minimum Gasteiger partial charge on any atom is -0.392 e. The van der Waals surface area contributed by atoms with Crippen LogP contribution in [0.1, 0.15) is 26.2 Å². The summed E-state index contributed by atoms with van der Waals surface area (Å²) in [4.78, 5) is 0. The fourth-order valence-electron chi connectivity index (χ4n) is 1.50. The summed E-state index contributed by atoms with van der Waals surface area (Å²) in [5.74, 6) is 2.59. The van der Waals surface area contributed by atoms with Gasteiger partial charge in [-0.1, -0.05) is 5.92 Å². The number of aliphatic hydroxyl groups excluding tert-OH is 1. The van der Waals surface area contributed by atoms with Crippen LogP contribution >= 0.6 is 0 Å². The number of rotatable bonds is 2. The van der Waals surface area contributed by atoms with E-state index in [2.05, 4.69) is 11.2 Å². The van der Waals surface area contributed by atoms with Crippen molar-refractivity contribution in [3.8, 4) is 12.3 Å². The first-order chi connectivity index (χ1) is 5.24. The molecule has 0 aromatic rings. The molecule has 0 spiro atoms. The summed E-state index contributed by atoms with van der Waals surface area (Å²) < 4.78 is 0. The third-order valence-electron chi connectivity index (χ3n) is 2.19. The SMILES string of the molecule is C#C[C@H](C)N[C@H]1CCC[C@H]1O. The van der Waals surface area contributed by atoms with Crippen LogP contribution in [0.15, 0.2) is 0 Å². The van der Waals surface area contributed by atoms with Crippen LogP contribution in [0.3, 0.4) is 0 Å². The Balaban J connectivity index is 2.32. The molecule has 1 fully saturated rings. The molecule has 2 heteroatoms. The van der Waals surface area contributed by atoms with Crippen LogP contribution in [0.5, 0.6) is 0 Å². The molecular weight excluding hydrogens is 138 g/mol. The van der Waals surface area contributed by atoms with Crippen LogP contribution in [0.4, 0.5) is 0 Å². The highest BCUT2D eigenvalue weighted by molar-refractivity contribution is 4.98. The quantitative estimate of drug-likeness (QED) is 0.567. The zero-order chi connectivity index (χ0) is 8.27. The van der Waals surface area contributed by atoms with Gasteiger partial charge in [0.05, 0.1) is 12.1 Å². The van der Waals surface area contributed by atoms with Crippen molar-refractivity contribution in [3.05, 3.63) is 0 Å². The van der Waals surface area contributed by atoms with Crippen LogP contribution in [0, 0.1) is 12.3 Å². The van der Waals surface area contributed by atoms with E-state index in [4.69, 9.17) is 6.42 Å². The van der Waals surface area contributed by atoms with E-state index >= 15 is 0 Å². The van der Waals surface area contributed by atoms with Gasteiger partial charge in [0.1, 0.15) is 0 Å². The largest absolute Gasteiger partial charge is 0.392 e. The summed E-state index contributed by atoms with van der Waals surface area (Å²) in [7, 11) is 0. The van der Waals surface area contributed by atoms with Crippen molar-refractivity contribution in [2.75, 3.05) is 0 Å². The lowest BCUT2D eigenvalue weighted by Crippen LogP contribution is -2.40. The Labute approximate surface area is 68.0 Å². The van der Waals surface area contributed by atoms with Gasteiger partial charge in [0.15, 0.2) is 0 Å². The van der Waals surface area contributed by atoms with Crippen molar-refractivity contribution in [1.29, 1.82) is 0 Å². The number of hydrogen-bond donors (Lipinski definition) is 2. The van der Waals surface area contributed by atoms with Gasteiger partial charge < -0.3 is 5.11 Å². The lowest BCUT2D eigenvalue weighted by molar-refractivity contribution is 0.147. The summed E-state index contributed by atoms with van der Waals surface area (Å²) in [6.45, 7) is 1.94. The summed E-state index contributed by atoms with van der Waals surface area (Å²) in [6, 6.07) is 0.300. The third-order valence-corrected chi connectivity index (χ3v) is 2.19. The lowest BCUT2D eigenvalue weighted by Gasteiger charge is -2.18. The zero-order valence-corrected chi connectivity index (χ0v) is 6.88. The molecule has 0 aromatic carbocycles. The molecule has 0 saturated heterocycles. The Kier molecular flexibility index (Phi) is 2.92. The predicted octanol–water partition coefficient (Wildman–Crippen LogP) is 0.511. The van der Waals surface area contributed by atoms with E-state index in [1.807, 2.05) is 6.92 Å². The van der Waals surface area contributed by atoms with Crippen LogP contribution < -0.4 is 5.32 Å². The van der Waals surface area contributed by atoms with Crippen LogP contribution in [0.25, 0.3) is 0 Å². The summed E-state index contributed by atoms with van der Waals surface area (Å²) >= 11 is 0. The Bertz CT molecular complexity index is 161. The molecule has 0 bridgehead atoms. The molecular formula is C9H15NO. The van der Waals surface area contributed by atoms with E-state index in [1.54, 1.807) is 0 Å². The Hall–Kier alpha value is -0.520. The maximum Gasteiger partial charge on any atom is 0.0693 e. The van der Waals surface area contributed by atoms with Gasteiger partial charge in [-0.15, -0.1) is 6.42 Å². The second-order valence-corrected chi connectivity index (χ2v) is 3.16. The third kappa shape index (κ3) is 2.21. The standard InChI is InChI=1S/C9H15NO/c1-3-7(2)10-8-5-4-6-9(8)11/h1,7-11H,4-6H2,2H3/t7-,8-,9+/m0/s1. The second-order valence-electron chi connectivity index (χ2n) is 3.16. The van der Waals surface area contributed by atoms with E-state index in [9.17, 15) is 5.11 Å². The van der Waals surface area contributed by atoms with Gasteiger partial charge in [-0.2, -0.15) is 0 Å². The molecule has 1 aliphatic carbocycles. The van der Waals surface area contributed by atoms with E-state index in [0.717, 1.165) is 19.3 Å². The molecule has 11 heavy (non-hydrogen) atoms. The van der Waals surface area contributed by atoms with Crippen molar-refractivity contribution >= 4 is 0 Å². The average Bonchev–Trinajstić information content (AvgIpc) is 2.37. The van der Waals surface area contributed by atoms with Gasteiger partial charge in [-0.3, -0.25) is 5.32 Å². The highest BCUT2D eigenvalue weighted by Crippen LogP contribution is 2.18. The van der Waals surface area contributed by atoms with E-state index in [0.29, 0.717) is 0 Å². The molecule has 1 aliphatic rings. The number of hydrogen-bond acceptors (Lipinski definition) is 2. The van der Waals surface area contributed by atoms with Crippen LogP contribution in [-0.4, -0.2) is 23.3 Å². The zero-order valence-electron chi connectivity index (χ0n) is 6.88. The van der Waals surface area contributed by atoms with Gasteiger partial charge in [-0.25, -0.2) is 0 Å². The van der Waals surface area contributed by atoms with Gasteiger partial charge in [0.25, 0.3) is 0 Å². The van der Waals surface area contributed by atoms with Gasteiger partial charge >= 0.3 is 0 Å². The smallest absolute Gasteiger partial charge is 0.0693 e. The highest BCUT2D eigenvalue weighted by atomic mass is 16.3. The number of nitrogens with one attached hydrogen (secondary N) is 1. The molecule has 0 aliphatic heterocycles. The van der Waals surface area contributed by atoms with Crippen molar-refractivity contribution < 1.29 is 5.11 Å². The minimum absolute atomic E-state index is 0.0766. The maximum absolute atomic E-state index is 9.40. The molecule has 2 nitrogen and oxygen atoms in total. The lowest BCUT2D eigenvalue weighted by atomic mass is 10.2. The maximum atomic E-state index is 9.40. The van der Waals surface area contributed by atoms with Gasteiger partial charge in [0.2, 0.25) is 0 Å². The molecule has 1 rings (SSSR count). The first-order valence-electron chi connectivity index (χ1n) is 4.14. The molecule has 0 radical (unpaired) electrons. The van der Waals surface area contributed by atoms with Crippen molar-refractivity contribution in [2.45, 2.75) is 44.4 Å². The Morgan fingerprint density at radius 2 is 2.36 bits per heavy atom. The predicted molar refractivity (Wildman–Crippen MR) is 45.1 cm³/mol. The first-order valence-corrected chi connectivity index (χ1v) is 4.14. The van der Waals surface area contributed by atoms with Crippen molar-refractivity contribution in [2.24, 2.45) is 0 Å². The van der Waals surface area contributed by atoms with Crippen molar-refractivity contribution in [3.63, 3.8) is 0 Å². The summed E-state index contributed by atoms with van der Waals surface area (Å²) in [5, 5.41) is 12.6. The van der Waals surface area contributed by atoms with Crippen LogP contribution in [-0.2, 0) is 0 Å². The average molecular weight is 153 g/mol. The molecule has 0 aromatic heterocycles. The van der Waals surface area contributed by atoms with Crippen molar-refractivity contribution in [1.82, 2.24) is 5.32 Å². The Morgan fingerprint density at radius 1 is 1.64 bits per heavy atom. The molecule has 1 saturated carbocycles. The highest BCUT2D eigenvalue weighted by Gasteiger charge is 2.25. The van der Waals surface area contributed by atoms with Crippen LogP contribution in [0.2, 0.25) is 0 Å². The number of terminal acetylenes is 1. The number of aliphatic hydroxyl groups is 1. The Morgan fingerprint density at radius 3 is 2.82 bits per heavy atom. The van der Waals surface area contributed by atoms with E-state index in [-0.39, 0.29) is 18.2 Å². The molecule has 0 amide bonds. The topological polar surface area (TPSA) is 32.3 Å². The fraction of sp³-hybridized carbons (Fsp3) is 0.778. The fourth-order valence-corrected chi connectivity index (χ4v) is 1.50. The molecule has 0 unspecified atom stereocenters. The van der Waals surface area contributed by atoms with Gasteiger partial charge in [0, 0.05) is 6.04 Å². The monoisotopic (exact) mass is 153 g/mol. The first kappa shape index (κ1) is 8.58. The normalized spacial score (nSPS) is 33.2. The summed E-state index contributed by atoms with van der Waals surface area (Å²) in [5.41, 5.74) is 0. The minimum atomic E-state index is -0.189. The second kappa shape index (κ2) is 3.75. The molecule has 0 heterocycles. The molecule has 2 N–H and O–H groups in total. The van der Waals surface area contributed by atoms with E-state index < -0.39 is 0 Å². The summed E-state index contributed by atoms with van der Waals surface area (Å²) in [6.07, 6.45) is 8.08.